The highest BCUT2D eigenvalue weighted by Crippen LogP contribution is 2.07. The molecule has 1 saturated heterocycles. The van der Waals surface area contributed by atoms with Crippen LogP contribution in [0.3, 0.4) is 0 Å². The lowest BCUT2D eigenvalue weighted by atomic mass is 10.2. The number of nitrogens with zero attached hydrogens (tertiary/aromatic N) is 3. The second-order valence-electron chi connectivity index (χ2n) is 3.92. The number of hydrazine groups is 2. The lowest BCUT2D eigenvalue weighted by molar-refractivity contribution is 0.0744. The quantitative estimate of drug-likeness (QED) is 0.500. The molecule has 0 aromatic carbocycles. The maximum Gasteiger partial charge on any atom is 0.285 e. The van der Waals surface area contributed by atoms with Crippen molar-refractivity contribution in [2.24, 2.45) is 5.84 Å². The number of nitrogens with two attached hydrogens (primary N) is 1. The summed E-state index contributed by atoms with van der Waals surface area (Å²) in [6, 6.07) is 0. The number of anilines is 1. The minimum Gasteiger partial charge on any atom is -0.307 e. The molecule has 17 heavy (non-hydrogen) atoms. The monoisotopic (exact) mass is 236 g/mol. The Morgan fingerprint density at radius 2 is 2.06 bits per heavy atom. The topological polar surface area (TPSA) is 96.2 Å². The molecule has 0 atom stereocenters. The molecule has 0 saturated carbocycles. The van der Waals surface area contributed by atoms with Crippen molar-refractivity contribution in [1.29, 1.82) is 0 Å². The van der Waals surface area contributed by atoms with Gasteiger partial charge in [0.15, 0.2) is 5.82 Å². The summed E-state index contributed by atoms with van der Waals surface area (Å²) in [5.41, 5.74) is 5.42. The van der Waals surface area contributed by atoms with Gasteiger partial charge in [-0.25, -0.2) is 15.8 Å². The highest BCUT2D eigenvalue weighted by Gasteiger charge is 2.15. The number of carbonyl (C=O) groups excluding carboxylic acids is 1. The number of amides is 1. The van der Waals surface area contributed by atoms with Crippen LogP contribution < -0.4 is 16.7 Å². The number of hydrogen-bond donors (Lipinski definition) is 3. The van der Waals surface area contributed by atoms with E-state index >= 15 is 0 Å². The van der Waals surface area contributed by atoms with Crippen LogP contribution in [-0.4, -0.2) is 34.0 Å². The second kappa shape index (κ2) is 5.55. The SMILES string of the molecule is NNc1cncc(C(=O)NN2CCCCC2)n1. The van der Waals surface area contributed by atoms with Crippen molar-refractivity contribution in [3.05, 3.63) is 18.1 Å². The standard InChI is InChI=1S/C10H16N6O/c11-14-9-7-12-6-8(13-9)10(17)15-16-4-2-1-3-5-16/h6-7H,1-5,11H2,(H,13,14)(H,15,17). The first-order valence-corrected chi connectivity index (χ1v) is 5.64. The maximum absolute atomic E-state index is 11.9. The molecular formula is C10H16N6O. The smallest absolute Gasteiger partial charge is 0.285 e. The Hall–Kier alpha value is -1.73. The van der Waals surface area contributed by atoms with Gasteiger partial charge in [0.05, 0.1) is 12.4 Å². The van der Waals surface area contributed by atoms with Crippen molar-refractivity contribution >= 4 is 11.7 Å². The summed E-state index contributed by atoms with van der Waals surface area (Å²) in [6.07, 6.45) is 6.31. The minimum absolute atomic E-state index is 0.253. The third-order valence-electron chi connectivity index (χ3n) is 2.63. The molecule has 92 valence electrons. The third kappa shape index (κ3) is 3.11. The van der Waals surface area contributed by atoms with E-state index in [1.807, 2.05) is 5.01 Å². The van der Waals surface area contributed by atoms with Crippen LogP contribution in [0.1, 0.15) is 29.8 Å². The Balaban J connectivity index is 1.98. The molecule has 1 aromatic heterocycles. The van der Waals surface area contributed by atoms with Crippen molar-refractivity contribution in [1.82, 2.24) is 20.4 Å². The molecule has 1 aliphatic rings. The Bertz CT molecular complexity index is 390. The number of nitrogens with one attached hydrogen (secondary N) is 2. The Kier molecular flexibility index (Phi) is 3.84. The van der Waals surface area contributed by atoms with E-state index in [1.54, 1.807) is 0 Å². The first-order valence-electron chi connectivity index (χ1n) is 5.64. The van der Waals surface area contributed by atoms with Gasteiger partial charge in [-0.1, -0.05) is 6.42 Å². The lowest BCUT2D eigenvalue weighted by Gasteiger charge is -2.26. The van der Waals surface area contributed by atoms with Crippen LogP contribution in [0.15, 0.2) is 12.4 Å². The van der Waals surface area contributed by atoms with Crippen LogP contribution in [0.2, 0.25) is 0 Å². The normalized spacial score (nSPS) is 16.5. The van der Waals surface area contributed by atoms with E-state index in [1.165, 1.54) is 18.8 Å². The lowest BCUT2D eigenvalue weighted by Crippen LogP contribution is -2.45. The summed E-state index contributed by atoms with van der Waals surface area (Å²) >= 11 is 0. The van der Waals surface area contributed by atoms with Crippen LogP contribution >= 0.6 is 0 Å². The Morgan fingerprint density at radius 3 is 2.76 bits per heavy atom. The van der Waals surface area contributed by atoms with E-state index in [-0.39, 0.29) is 11.6 Å². The van der Waals surface area contributed by atoms with Crippen LogP contribution in [0.5, 0.6) is 0 Å². The van der Waals surface area contributed by atoms with Crippen molar-refractivity contribution in [3.8, 4) is 0 Å². The number of nitrogen functional groups attached to an aromatic ring is 1. The Labute approximate surface area is 99.4 Å². The Morgan fingerprint density at radius 1 is 1.29 bits per heavy atom. The van der Waals surface area contributed by atoms with Gasteiger partial charge in [-0.2, -0.15) is 0 Å². The van der Waals surface area contributed by atoms with Crippen molar-refractivity contribution in [2.75, 3.05) is 18.5 Å². The number of piperidine rings is 1. The molecule has 0 unspecified atom stereocenters. The predicted molar refractivity (Wildman–Crippen MR) is 62.7 cm³/mol. The summed E-state index contributed by atoms with van der Waals surface area (Å²) in [6.45, 7) is 1.77. The molecular weight excluding hydrogens is 220 g/mol. The average Bonchev–Trinajstić information content (AvgIpc) is 2.40. The van der Waals surface area contributed by atoms with Crippen LogP contribution in [0.25, 0.3) is 0 Å². The van der Waals surface area contributed by atoms with Crippen molar-refractivity contribution in [3.63, 3.8) is 0 Å². The van der Waals surface area contributed by atoms with E-state index in [0.717, 1.165) is 25.9 Å². The van der Waals surface area contributed by atoms with Gasteiger partial charge in [0.1, 0.15) is 5.69 Å². The molecule has 7 nitrogen and oxygen atoms in total. The molecule has 2 heterocycles. The van der Waals surface area contributed by atoms with Gasteiger partial charge in [-0.3, -0.25) is 15.2 Å². The van der Waals surface area contributed by atoms with E-state index in [9.17, 15) is 4.79 Å². The largest absolute Gasteiger partial charge is 0.307 e. The third-order valence-corrected chi connectivity index (χ3v) is 2.63. The number of aromatic nitrogens is 2. The fourth-order valence-electron chi connectivity index (χ4n) is 1.75. The first kappa shape index (κ1) is 11.7. The molecule has 1 aromatic rings. The van der Waals surface area contributed by atoms with E-state index in [0.29, 0.717) is 5.82 Å². The molecule has 7 heteroatoms. The first-order chi connectivity index (χ1) is 8.29. The maximum atomic E-state index is 11.9. The van der Waals surface area contributed by atoms with E-state index in [2.05, 4.69) is 20.8 Å². The van der Waals surface area contributed by atoms with Gasteiger partial charge in [-0.15, -0.1) is 0 Å². The van der Waals surface area contributed by atoms with Gasteiger partial charge in [-0.05, 0) is 12.8 Å². The highest BCUT2D eigenvalue weighted by molar-refractivity contribution is 5.91. The number of rotatable bonds is 3. The van der Waals surface area contributed by atoms with E-state index < -0.39 is 0 Å². The average molecular weight is 236 g/mol. The van der Waals surface area contributed by atoms with Crippen LogP contribution in [0, 0.1) is 0 Å². The minimum atomic E-state index is -0.253. The predicted octanol–water partition coefficient (Wildman–Crippen LogP) is -0.107. The summed E-state index contributed by atoms with van der Waals surface area (Å²) in [4.78, 5) is 19.8. The zero-order valence-electron chi connectivity index (χ0n) is 9.52. The van der Waals surface area contributed by atoms with Gasteiger partial charge < -0.3 is 5.43 Å². The van der Waals surface area contributed by atoms with Gasteiger partial charge in [0.2, 0.25) is 0 Å². The molecule has 1 fully saturated rings. The molecule has 0 bridgehead atoms. The molecule has 0 radical (unpaired) electrons. The van der Waals surface area contributed by atoms with Gasteiger partial charge in [0, 0.05) is 13.1 Å². The summed E-state index contributed by atoms with van der Waals surface area (Å²) < 4.78 is 0. The molecule has 4 N–H and O–H groups in total. The molecule has 0 spiro atoms. The molecule has 0 aliphatic carbocycles. The summed E-state index contributed by atoms with van der Waals surface area (Å²) in [5.74, 6) is 5.33. The van der Waals surface area contributed by atoms with Crippen molar-refractivity contribution < 1.29 is 4.79 Å². The van der Waals surface area contributed by atoms with Gasteiger partial charge in [0.25, 0.3) is 5.91 Å². The zero-order valence-corrected chi connectivity index (χ0v) is 9.52. The summed E-state index contributed by atoms with van der Waals surface area (Å²) in [7, 11) is 0. The fourth-order valence-corrected chi connectivity index (χ4v) is 1.75. The van der Waals surface area contributed by atoms with Gasteiger partial charge >= 0.3 is 0 Å². The highest BCUT2D eigenvalue weighted by atomic mass is 16.2. The number of carbonyl (C=O) groups is 1. The zero-order chi connectivity index (χ0) is 12.1. The number of hydrogen-bond acceptors (Lipinski definition) is 6. The summed E-state index contributed by atoms with van der Waals surface area (Å²) in [5, 5.41) is 1.91. The fraction of sp³-hybridized carbons (Fsp3) is 0.500. The molecule has 2 rings (SSSR count). The second-order valence-corrected chi connectivity index (χ2v) is 3.92. The molecule has 1 amide bonds. The van der Waals surface area contributed by atoms with Crippen molar-refractivity contribution in [2.45, 2.75) is 19.3 Å². The molecule has 1 aliphatic heterocycles. The van der Waals surface area contributed by atoms with E-state index in [4.69, 9.17) is 5.84 Å². The van der Waals surface area contributed by atoms with Crippen LogP contribution in [0.4, 0.5) is 5.82 Å². The van der Waals surface area contributed by atoms with Crippen LogP contribution in [-0.2, 0) is 0 Å².